The van der Waals surface area contributed by atoms with Gasteiger partial charge in [0.25, 0.3) is 0 Å². The molecule has 0 fully saturated rings. The van der Waals surface area contributed by atoms with Gasteiger partial charge in [0.15, 0.2) is 11.5 Å². The van der Waals surface area contributed by atoms with Gasteiger partial charge in [-0.05, 0) is 24.3 Å². The summed E-state index contributed by atoms with van der Waals surface area (Å²) < 4.78 is 10.4. The molecule has 2 aromatic carbocycles. The molecule has 0 aliphatic carbocycles. The smallest absolute Gasteiger partial charge is 0.344 e. The number of fused-ring (bicyclic) bond motifs is 2. The highest BCUT2D eigenvalue weighted by Crippen LogP contribution is 2.36. The van der Waals surface area contributed by atoms with E-state index in [1.807, 2.05) is 0 Å². The molecule has 94 valence electrons. The Morgan fingerprint density at radius 1 is 0.789 bits per heavy atom. The van der Waals surface area contributed by atoms with Crippen molar-refractivity contribution in [2.75, 3.05) is 5.73 Å². The van der Waals surface area contributed by atoms with Crippen molar-refractivity contribution < 1.29 is 19.1 Å². The third-order valence-corrected chi connectivity index (χ3v) is 2.77. The Morgan fingerprint density at radius 2 is 1.42 bits per heavy atom. The first-order valence-electron chi connectivity index (χ1n) is 5.58. The van der Waals surface area contributed by atoms with E-state index in [0.29, 0.717) is 0 Å². The van der Waals surface area contributed by atoms with Gasteiger partial charge >= 0.3 is 11.9 Å². The van der Waals surface area contributed by atoms with Crippen molar-refractivity contribution in [1.82, 2.24) is 0 Å². The molecule has 0 aromatic heterocycles. The van der Waals surface area contributed by atoms with Gasteiger partial charge in [0.05, 0.1) is 16.8 Å². The summed E-state index contributed by atoms with van der Waals surface area (Å²) in [5, 5.41) is 0. The fourth-order valence-electron chi connectivity index (χ4n) is 1.86. The van der Waals surface area contributed by atoms with Crippen molar-refractivity contribution in [2.24, 2.45) is 0 Å². The maximum Gasteiger partial charge on any atom is 0.344 e. The number of para-hydroxylation sites is 1. The summed E-state index contributed by atoms with van der Waals surface area (Å²) in [6.45, 7) is 0. The summed E-state index contributed by atoms with van der Waals surface area (Å²) in [7, 11) is 0. The second-order valence-electron chi connectivity index (χ2n) is 4.00. The first-order chi connectivity index (χ1) is 9.16. The second kappa shape index (κ2) is 4.13. The largest absolute Gasteiger partial charge is 0.419 e. The van der Waals surface area contributed by atoms with Gasteiger partial charge in [-0.15, -0.1) is 0 Å². The molecule has 0 saturated heterocycles. The molecule has 2 N–H and O–H groups in total. The summed E-state index contributed by atoms with van der Waals surface area (Å²) in [6, 6.07) is 11.0. The number of carbonyl (C=O) groups is 2. The molecule has 5 heteroatoms. The summed E-state index contributed by atoms with van der Waals surface area (Å²) >= 11 is 0. The van der Waals surface area contributed by atoms with Crippen LogP contribution >= 0.6 is 0 Å². The first kappa shape index (κ1) is 11.3. The van der Waals surface area contributed by atoms with Crippen LogP contribution in [0.2, 0.25) is 0 Å². The molecule has 0 bridgehead atoms. The van der Waals surface area contributed by atoms with Crippen LogP contribution in [0.5, 0.6) is 11.5 Å². The van der Waals surface area contributed by atoms with Gasteiger partial charge in [0.2, 0.25) is 0 Å². The Labute approximate surface area is 108 Å². The number of anilines is 1. The monoisotopic (exact) mass is 255 g/mol. The van der Waals surface area contributed by atoms with Crippen LogP contribution in [-0.4, -0.2) is 11.9 Å². The molecular formula is C14H9NO4. The second-order valence-corrected chi connectivity index (χ2v) is 4.00. The van der Waals surface area contributed by atoms with Gasteiger partial charge in [-0.1, -0.05) is 18.2 Å². The number of carbonyl (C=O) groups excluding carboxylic acids is 2. The predicted molar refractivity (Wildman–Crippen MR) is 67.2 cm³/mol. The van der Waals surface area contributed by atoms with E-state index in [2.05, 4.69) is 0 Å². The number of hydrogen-bond acceptors (Lipinski definition) is 5. The van der Waals surface area contributed by atoms with E-state index < -0.39 is 11.9 Å². The van der Waals surface area contributed by atoms with E-state index in [-0.39, 0.29) is 28.3 Å². The number of ether oxygens (including phenoxy) is 2. The quantitative estimate of drug-likeness (QED) is 0.442. The molecule has 0 unspecified atom stereocenters. The Hall–Kier alpha value is -2.82. The number of nitrogens with two attached hydrogens (primary N) is 1. The van der Waals surface area contributed by atoms with Crippen molar-refractivity contribution in [3.63, 3.8) is 0 Å². The fourth-order valence-corrected chi connectivity index (χ4v) is 1.86. The zero-order valence-corrected chi connectivity index (χ0v) is 9.75. The van der Waals surface area contributed by atoms with Crippen molar-refractivity contribution in [2.45, 2.75) is 0 Å². The lowest BCUT2D eigenvalue weighted by Crippen LogP contribution is -2.21. The number of benzene rings is 2. The van der Waals surface area contributed by atoms with Crippen LogP contribution in [-0.2, 0) is 0 Å². The minimum atomic E-state index is -0.633. The van der Waals surface area contributed by atoms with Crippen molar-refractivity contribution in [1.29, 1.82) is 0 Å². The molecule has 5 nitrogen and oxygen atoms in total. The zero-order valence-electron chi connectivity index (χ0n) is 9.75. The van der Waals surface area contributed by atoms with Crippen LogP contribution in [0, 0.1) is 0 Å². The molecule has 0 saturated carbocycles. The van der Waals surface area contributed by atoms with Gasteiger partial charge in [-0.25, -0.2) is 9.59 Å². The molecule has 0 spiro atoms. The lowest BCUT2D eigenvalue weighted by atomic mass is 10.1. The third kappa shape index (κ3) is 1.81. The normalized spacial score (nSPS) is 13.5. The van der Waals surface area contributed by atoms with Gasteiger partial charge < -0.3 is 15.2 Å². The first-order valence-corrected chi connectivity index (χ1v) is 5.58. The lowest BCUT2D eigenvalue weighted by Gasteiger charge is -2.16. The summed E-state index contributed by atoms with van der Waals surface area (Å²) in [5.74, 6) is -1.05. The fraction of sp³-hybridized carbons (Fsp3) is 0. The van der Waals surface area contributed by atoms with E-state index in [1.54, 1.807) is 24.3 Å². The maximum absolute atomic E-state index is 12.0. The van der Waals surface area contributed by atoms with Crippen LogP contribution in [0.25, 0.3) is 0 Å². The standard InChI is InChI=1S/C14H9NO4/c15-10-6-3-7-11-12(10)19-14(17)9-5-2-1-4-8(9)13(16)18-11/h1-7H,15H2. The Morgan fingerprint density at radius 3 is 2.11 bits per heavy atom. The van der Waals surface area contributed by atoms with E-state index in [4.69, 9.17) is 15.2 Å². The van der Waals surface area contributed by atoms with E-state index in [9.17, 15) is 9.59 Å². The molecule has 0 atom stereocenters. The van der Waals surface area contributed by atoms with Gasteiger partial charge in [-0.2, -0.15) is 0 Å². The SMILES string of the molecule is Nc1cccc2c1OC(=O)c1ccccc1C(=O)O2. The topological polar surface area (TPSA) is 78.6 Å². The Balaban J connectivity index is 2.18. The summed E-state index contributed by atoms with van der Waals surface area (Å²) in [6.07, 6.45) is 0. The minimum absolute atomic E-state index is 0.0651. The van der Waals surface area contributed by atoms with Crippen molar-refractivity contribution in [3.8, 4) is 11.5 Å². The molecule has 19 heavy (non-hydrogen) atoms. The van der Waals surface area contributed by atoms with Crippen LogP contribution in [0.15, 0.2) is 42.5 Å². The van der Waals surface area contributed by atoms with E-state index in [0.717, 1.165) is 0 Å². The average molecular weight is 255 g/mol. The van der Waals surface area contributed by atoms with Crippen LogP contribution in [0.4, 0.5) is 5.69 Å². The van der Waals surface area contributed by atoms with Crippen molar-refractivity contribution in [3.05, 3.63) is 53.6 Å². The Bertz CT molecular complexity index is 694. The lowest BCUT2D eigenvalue weighted by molar-refractivity contribution is 0.0649. The number of hydrogen-bond donors (Lipinski definition) is 1. The van der Waals surface area contributed by atoms with Gasteiger partial charge in [0.1, 0.15) is 0 Å². The molecule has 1 aliphatic rings. The maximum atomic E-state index is 12.0. The van der Waals surface area contributed by atoms with Crippen LogP contribution < -0.4 is 15.2 Å². The number of nitrogen functional groups attached to an aromatic ring is 1. The van der Waals surface area contributed by atoms with E-state index in [1.165, 1.54) is 18.2 Å². The summed E-state index contributed by atoms with van der Waals surface area (Å²) in [5.41, 5.74) is 6.28. The highest BCUT2D eigenvalue weighted by atomic mass is 16.6. The molecule has 1 aliphatic heterocycles. The van der Waals surface area contributed by atoms with Crippen LogP contribution in [0.1, 0.15) is 20.7 Å². The van der Waals surface area contributed by atoms with Gasteiger partial charge in [0, 0.05) is 0 Å². The third-order valence-electron chi connectivity index (χ3n) is 2.77. The van der Waals surface area contributed by atoms with Crippen molar-refractivity contribution >= 4 is 17.6 Å². The zero-order chi connectivity index (χ0) is 13.4. The molecular weight excluding hydrogens is 246 g/mol. The highest BCUT2D eigenvalue weighted by Gasteiger charge is 2.26. The molecule has 0 amide bonds. The van der Waals surface area contributed by atoms with E-state index >= 15 is 0 Å². The van der Waals surface area contributed by atoms with Crippen LogP contribution in [0.3, 0.4) is 0 Å². The molecule has 3 rings (SSSR count). The number of esters is 2. The molecule has 2 aromatic rings. The summed E-state index contributed by atoms with van der Waals surface area (Å²) in [4.78, 5) is 24.0. The molecule has 1 heterocycles. The number of rotatable bonds is 0. The molecule has 0 radical (unpaired) electrons. The average Bonchev–Trinajstić information content (AvgIpc) is 2.41. The highest BCUT2D eigenvalue weighted by molar-refractivity contribution is 6.05. The predicted octanol–water partition coefficient (Wildman–Crippen LogP) is 2.02. The Kier molecular flexibility index (Phi) is 2.45. The van der Waals surface area contributed by atoms with Gasteiger partial charge in [-0.3, -0.25) is 0 Å². The minimum Gasteiger partial charge on any atom is -0.419 e.